The third kappa shape index (κ3) is 4.21. The quantitative estimate of drug-likeness (QED) is 0.434. The van der Waals surface area contributed by atoms with Crippen LogP contribution in [0.2, 0.25) is 4.34 Å². The van der Waals surface area contributed by atoms with Crippen LogP contribution in [0.5, 0.6) is 0 Å². The van der Waals surface area contributed by atoms with Crippen molar-refractivity contribution in [3.05, 3.63) is 91.7 Å². The topological polar surface area (TPSA) is 69.8 Å². The number of thiophene rings is 1. The Bertz CT molecular complexity index is 1220. The molecule has 3 heterocycles. The molecule has 3 aromatic heterocycles. The first-order chi connectivity index (χ1) is 14.0. The van der Waals surface area contributed by atoms with E-state index in [1.165, 1.54) is 11.3 Å². The number of hydrogen-bond donors (Lipinski definition) is 0. The van der Waals surface area contributed by atoms with E-state index in [0.29, 0.717) is 27.6 Å². The lowest BCUT2D eigenvalue weighted by atomic mass is 10.1. The van der Waals surface area contributed by atoms with E-state index in [0.717, 1.165) is 17.1 Å². The van der Waals surface area contributed by atoms with Crippen molar-refractivity contribution in [1.82, 2.24) is 19.6 Å². The predicted molar refractivity (Wildman–Crippen MR) is 114 cm³/mol. The van der Waals surface area contributed by atoms with Crippen molar-refractivity contribution in [2.24, 2.45) is 0 Å². The van der Waals surface area contributed by atoms with E-state index < -0.39 is 0 Å². The Morgan fingerprint density at radius 3 is 2.59 bits per heavy atom. The van der Waals surface area contributed by atoms with Gasteiger partial charge in [0.05, 0.1) is 26.8 Å². The minimum atomic E-state index is -0.0417. The molecule has 0 bridgehead atoms. The first-order valence-electron chi connectivity index (χ1n) is 9.00. The van der Waals surface area contributed by atoms with Gasteiger partial charge in [0.1, 0.15) is 0 Å². The van der Waals surface area contributed by atoms with Crippen molar-refractivity contribution in [3.63, 3.8) is 0 Å². The molecule has 0 aliphatic carbocycles. The summed E-state index contributed by atoms with van der Waals surface area (Å²) in [6.07, 6.45) is 4.41. The molecule has 0 aliphatic heterocycles. The summed E-state index contributed by atoms with van der Waals surface area (Å²) in [5.74, 6) is 0.0457. The van der Waals surface area contributed by atoms with Gasteiger partial charge in [-0.3, -0.25) is 14.2 Å². The summed E-state index contributed by atoms with van der Waals surface area (Å²) in [6, 6.07) is 14.6. The molecule has 146 valence electrons. The van der Waals surface area contributed by atoms with E-state index in [4.69, 9.17) is 11.6 Å². The summed E-state index contributed by atoms with van der Waals surface area (Å²) in [5, 5.41) is 8.30. The average molecular weight is 425 g/mol. The number of pyridine rings is 1. The van der Waals surface area contributed by atoms with Crippen molar-refractivity contribution in [2.75, 3.05) is 0 Å². The maximum absolute atomic E-state index is 12.3. The zero-order valence-electron chi connectivity index (χ0n) is 15.6. The summed E-state index contributed by atoms with van der Waals surface area (Å²) >= 11 is 7.17. The molecule has 0 radical (unpaired) electrons. The van der Waals surface area contributed by atoms with Crippen LogP contribution in [0.3, 0.4) is 0 Å². The zero-order valence-corrected chi connectivity index (χ0v) is 17.2. The van der Waals surface area contributed by atoms with E-state index in [-0.39, 0.29) is 11.3 Å². The van der Waals surface area contributed by atoms with Gasteiger partial charge in [-0.15, -0.1) is 16.4 Å². The number of rotatable bonds is 6. The fourth-order valence-electron chi connectivity index (χ4n) is 2.94. The molecule has 8 heteroatoms. The Balaban J connectivity index is 1.46. The van der Waals surface area contributed by atoms with Crippen molar-refractivity contribution in [3.8, 4) is 11.4 Å². The SMILES string of the molecule is Cc1cccn(-c2ccc(-n3cc(CCC(=O)c4ccc(Cl)s4)nn3)cc2)c1=O. The number of benzene rings is 1. The molecule has 0 atom stereocenters. The van der Waals surface area contributed by atoms with Crippen molar-refractivity contribution >= 4 is 28.7 Å². The summed E-state index contributed by atoms with van der Waals surface area (Å²) < 4.78 is 3.87. The van der Waals surface area contributed by atoms with Crippen LogP contribution in [0.15, 0.2) is 65.7 Å². The first-order valence-corrected chi connectivity index (χ1v) is 10.2. The molecule has 0 amide bonds. The van der Waals surface area contributed by atoms with Gasteiger partial charge in [-0.2, -0.15) is 0 Å². The van der Waals surface area contributed by atoms with E-state index in [9.17, 15) is 9.59 Å². The molecule has 4 rings (SSSR count). The minimum Gasteiger partial charge on any atom is -0.293 e. The highest BCUT2D eigenvalue weighted by Gasteiger charge is 2.11. The minimum absolute atomic E-state index is 0.0417. The number of aromatic nitrogens is 4. The van der Waals surface area contributed by atoms with E-state index >= 15 is 0 Å². The van der Waals surface area contributed by atoms with E-state index in [2.05, 4.69) is 10.3 Å². The second kappa shape index (κ2) is 8.14. The molecule has 0 saturated carbocycles. The van der Waals surface area contributed by atoms with Crippen molar-refractivity contribution in [1.29, 1.82) is 0 Å². The smallest absolute Gasteiger partial charge is 0.257 e. The maximum atomic E-state index is 12.3. The lowest BCUT2D eigenvalue weighted by Crippen LogP contribution is -2.19. The van der Waals surface area contributed by atoms with Gasteiger partial charge in [0.25, 0.3) is 5.56 Å². The monoisotopic (exact) mass is 424 g/mol. The van der Waals surface area contributed by atoms with Gasteiger partial charge in [-0.1, -0.05) is 22.9 Å². The Morgan fingerprint density at radius 1 is 1.10 bits per heavy atom. The van der Waals surface area contributed by atoms with Gasteiger partial charge < -0.3 is 0 Å². The fourth-order valence-corrected chi connectivity index (χ4v) is 3.95. The Labute approximate surface area is 176 Å². The number of carbonyl (C=O) groups is 1. The molecule has 0 fully saturated rings. The van der Waals surface area contributed by atoms with Crippen molar-refractivity contribution < 1.29 is 4.79 Å². The molecule has 4 aromatic rings. The third-order valence-electron chi connectivity index (χ3n) is 4.53. The van der Waals surface area contributed by atoms with Crippen LogP contribution < -0.4 is 5.56 Å². The molecular weight excluding hydrogens is 408 g/mol. The van der Waals surface area contributed by atoms with Crippen molar-refractivity contribution in [2.45, 2.75) is 19.8 Å². The molecule has 0 spiro atoms. The molecule has 6 nitrogen and oxygen atoms in total. The second-order valence-corrected chi connectivity index (χ2v) is 8.28. The Morgan fingerprint density at radius 2 is 1.86 bits per heavy atom. The molecule has 0 unspecified atom stereocenters. The first kappa shape index (κ1) is 19.3. The highest BCUT2D eigenvalue weighted by molar-refractivity contribution is 7.18. The lowest BCUT2D eigenvalue weighted by Gasteiger charge is -2.07. The number of aryl methyl sites for hydroxylation is 2. The van der Waals surface area contributed by atoms with Crippen LogP contribution in [-0.4, -0.2) is 25.3 Å². The predicted octanol–water partition coefficient (Wildman–Crippen LogP) is 4.26. The highest BCUT2D eigenvalue weighted by Crippen LogP contribution is 2.23. The highest BCUT2D eigenvalue weighted by atomic mass is 35.5. The fraction of sp³-hybridized carbons (Fsp3) is 0.143. The number of carbonyl (C=O) groups excluding carboxylic acids is 1. The summed E-state index contributed by atoms with van der Waals surface area (Å²) in [6.45, 7) is 1.79. The number of Topliss-reactive ketones (excluding diaryl/α,β-unsaturated/α-hetero) is 1. The molecule has 0 saturated heterocycles. The van der Waals surface area contributed by atoms with Gasteiger partial charge >= 0.3 is 0 Å². The Hall–Kier alpha value is -3.03. The van der Waals surface area contributed by atoms with Crippen LogP contribution in [0, 0.1) is 6.92 Å². The summed E-state index contributed by atoms with van der Waals surface area (Å²) in [7, 11) is 0. The molecular formula is C21H17ClN4O2S. The van der Waals surface area contributed by atoms with E-state index in [1.54, 1.807) is 40.6 Å². The van der Waals surface area contributed by atoms with Gasteiger partial charge in [0.2, 0.25) is 0 Å². The number of nitrogens with zero attached hydrogens (tertiary/aromatic N) is 4. The largest absolute Gasteiger partial charge is 0.293 e. The molecule has 0 N–H and O–H groups in total. The maximum Gasteiger partial charge on any atom is 0.257 e. The summed E-state index contributed by atoms with van der Waals surface area (Å²) in [4.78, 5) is 25.1. The van der Waals surface area contributed by atoms with Crippen LogP contribution in [0.1, 0.15) is 27.3 Å². The molecule has 29 heavy (non-hydrogen) atoms. The Kier molecular flexibility index (Phi) is 5.42. The standard InChI is InChI=1S/C21H17ClN4O2S/c1-14-3-2-12-25(21(14)28)16-5-7-17(8-6-16)26-13-15(23-24-26)4-9-18(27)19-10-11-20(22)29-19/h2-3,5-8,10-13H,4,9H2,1H3. The van der Waals surface area contributed by atoms with Crippen LogP contribution >= 0.6 is 22.9 Å². The zero-order chi connectivity index (χ0) is 20.4. The van der Waals surface area contributed by atoms with Gasteiger partial charge in [0, 0.05) is 30.3 Å². The van der Waals surface area contributed by atoms with E-state index in [1.807, 2.05) is 36.5 Å². The number of hydrogen-bond acceptors (Lipinski definition) is 5. The lowest BCUT2D eigenvalue weighted by molar-refractivity contribution is 0.0986. The summed E-state index contributed by atoms with van der Waals surface area (Å²) in [5.41, 5.74) is 2.99. The number of halogens is 1. The van der Waals surface area contributed by atoms with Gasteiger partial charge in [-0.05, 0) is 49.4 Å². The normalized spacial score (nSPS) is 11.0. The average Bonchev–Trinajstić information content (AvgIpc) is 3.38. The molecule has 1 aromatic carbocycles. The van der Waals surface area contributed by atoms with Gasteiger partial charge in [-0.25, -0.2) is 4.68 Å². The number of ketones is 1. The van der Waals surface area contributed by atoms with Gasteiger partial charge in [0.15, 0.2) is 5.78 Å². The van der Waals surface area contributed by atoms with Crippen LogP contribution in [-0.2, 0) is 6.42 Å². The molecule has 0 aliphatic rings. The second-order valence-electron chi connectivity index (χ2n) is 6.56. The van der Waals surface area contributed by atoms with Crippen LogP contribution in [0.4, 0.5) is 0 Å². The third-order valence-corrected chi connectivity index (χ3v) is 5.80. The van der Waals surface area contributed by atoms with Crippen LogP contribution in [0.25, 0.3) is 11.4 Å².